The largest absolute Gasteiger partial charge is 0.495 e. The SMILES string of the molecule is COc1cc2c(cc1Br)C=C[C@@H](C)N2C(C)c1cccc(C(C)(F)F)c1F. The summed E-state index contributed by atoms with van der Waals surface area (Å²) in [6.07, 6.45) is 4.01. The van der Waals surface area contributed by atoms with Gasteiger partial charge in [0.05, 0.1) is 23.2 Å². The van der Waals surface area contributed by atoms with E-state index >= 15 is 0 Å². The average molecular weight is 440 g/mol. The highest BCUT2D eigenvalue weighted by Gasteiger charge is 2.33. The summed E-state index contributed by atoms with van der Waals surface area (Å²) in [7, 11) is 1.58. The van der Waals surface area contributed by atoms with Gasteiger partial charge in [-0.25, -0.2) is 13.2 Å². The number of alkyl halides is 2. The molecule has 2 atom stereocenters. The lowest BCUT2D eigenvalue weighted by Crippen LogP contribution is -2.37. The summed E-state index contributed by atoms with van der Waals surface area (Å²) in [5, 5.41) is 0. The van der Waals surface area contributed by atoms with Crippen LogP contribution in [0.4, 0.5) is 18.9 Å². The molecule has 0 saturated carbocycles. The first kappa shape index (κ1) is 19.8. The quantitative estimate of drug-likeness (QED) is 0.525. The number of hydrogen-bond donors (Lipinski definition) is 0. The van der Waals surface area contributed by atoms with Gasteiger partial charge in [0.15, 0.2) is 0 Å². The molecule has 2 aromatic carbocycles. The van der Waals surface area contributed by atoms with Crippen molar-refractivity contribution in [2.75, 3.05) is 12.0 Å². The van der Waals surface area contributed by atoms with E-state index in [-0.39, 0.29) is 11.6 Å². The number of halogens is 4. The molecule has 0 spiro atoms. The molecule has 27 heavy (non-hydrogen) atoms. The summed E-state index contributed by atoms with van der Waals surface area (Å²) < 4.78 is 48.7. The van der Waals surface area contributed by atoms with Crippen LogP contribution < -0.4 is 9.64 Å². The number of ether oxygens (including phenoxy) is 1. The molecule has 0 radical (unpaired) electrons. The van der Waals surface area contributed by atoms with E-state index < -0.39 is 23.3 Å². The van der Waals surface area contributed by atoms with Gasteiger partial charge in [-0.2, -0.15) is 0 Å². The standard InChI is InChI=1S/C21H21BrF3NO/c1-12-8-9-14-10-17(22)19(27-4)11-18(14)26(12)13(2)15-6-5-7-16(20(15)23)21(3,24)25/h5-13H,1-4H3/t12-,13?/m1/s1. The first-order chi connectivity index (χ1) is 12.6. The van der Waals surface area contributed by atoms with Gasteiger partial charge in [-0.05, 0) is 41.4 Å². The van der Waals surface area contributed by atoms with E-state index in [4.69, 9.17) is 4.74 Å². The zero-order chi connectivity index (χ0) is 19.9. The van der Waals surface area contributed by atoms with Gasteiger partial charge in [0.1, 0.15) is 11.6 Å². The number of hydrogen-bond acceptors (Lipinski definition) is 2. The van der Waals surface area contributed by atoms with Crippen molar-refractivity contribution in [2.45, 2.75) is 38.8 Å². The van der Waals surface area contributed by atoms with Crippen LogP contribution in [0.15, 0.2) is 40.9 Å². The van der Waals surface area contributed by atoms with Crippen molar-refractivity contribution >= 4 is 27.7 Å². The van der Waals surface area contributed by atoms with Crippen LogP contribution in [0.2, 0.25) is 0 Å². The summed E-state index contributed by atoms with van der Waals surface area (Å²) in [6.45, 7) is 4.52. The van der Waals surface area contributed by atoms with Crippen molar-refractivity contribution in [1.82, 2.24) is 0 Å². The average Bonchev–Trinajstić information content (AvgIpc) is 2.60. The van der Waals surface area contributed by atoms with Crippen LogP contribution in [0, 0.1) is 5.82 Å². The smallest absolute Gasteiger partial charge is 0.273 e. The van der Waals surface area contributed by atoms with Gasteiger partial charge in [0, 0.05) is 30.3 Å². The second-order valence-corrected chi connectivity index (χ2v) is 7.68. The molecule has 0 saturated heterocycles. The maximum Gasteiger partial charge on any atom is 0.273 e. The number of rotatable bonds is 4. The summed E-state index contributed by atoms with van der Waals surface area (Å²) in [6, 6.07) is 7.51. The van der Waals surface area contributed by atoms with E-state index in [0.717, 1.165) is 21.8 Å². The van der Waals surface area contributed by atoms with E-state index in [1.807, 2.05) is 43.0 Å². The minimum atomic E-state index is -3.24. The Morgan fingerprint density at radius 2 is 1.96 bits per heavy atom. The van der Waals surface area contributed by atoms with Gasteiger partial charge < -0.3 is 9.64 Å². The number of anilines is 1. The number of nitrogens with zero attached hydrogens (tertiary/aromatic N) is 1. The minimum Gasteiger partial charge on any atom is -0.495 e. The second-order valence-electron chi connectivity index (χ2n) is 6.83. The molecule has 1 aliphatic rings. The molecular formula is C21H21BrF3NO. The van der Waals surface area contributed by atoms with Gasteiger partial charge in [0.25, 0.3) is 5.92 Å². The molecule has 0 fully saturated rings. The molecule has 1 heterocycles. The van der Waals surface area contributed by atoms with Gasteiger partial charge >= 0.3 is 0 Å². The summed E-state index contributed by atoms with van der Waals surface area (Å²) in [4.78, 5) is 2.01. The Morgan fingerprint density at radius 1 is 1.26 bits per heavy atom. The van der Waals surface area contributed by atoms with Crippen LogP contribution in [0.1, 0.15) is 43.5 Å². The topological polar surface area (TPSA) is 12.5 Å². The van der Waals surface area contributed by atoms with E-state index in [0.29, 0.717) is 12.7 Å². The van der Waals surface area contributed by atoms with Crippen molar-refractivity contribution < 1.29 is 17.9 Å². The first-order valence-electron chi connectivity index (χ1n) is 8.66. The summed E-state index contributed by atoms with van der Waals surface area (Å²) in [5.41, 5.74) is 1.47. The van der Waals surface area contributed by atoms with Gasteiger partial charge in [0.2, 0.25) is 0 Å². The zero-order valence-corrected chi connectivity index (χ0v) is 17.1. The number of methoxy groups -OCH3 is 1. The fraction of sp³-hybridized carbons (Fsp3) is 0.333. The number of benzene rings is 2. The highest BCUT2D eigenvalue weighted by molar-refractivity contribution is 9.10. The first-order valence-corrected chi connectivity index (χ1v) is 9.45. The fourth-order valence-corrected chi connectivity index (χ4v) is 4.07. The monoisotopic (exact) mass is 439 g/mol. The lowest BCUT2D eigenvalue weighted by Gasteiger charge is -2.39. The molecule has 1 unspecified atom stereocenters. The molecule has 2 nitrogen and oxygen atoms in total. The highest BCUT2D eigenvalue weighted by Crippen LogP contribution is 2.42. The predicted molar refractivity (Wildman–Crippen MR) is 106 cm³/mol. The van der Waals surface area contributed by atoms with Crippen LogP contribution in [-0.4, -0.2) is 13.2 Å². The molecule has 3 rings (SSSR count). The molecule has 144 valence electrons. The van der Waals surface area contributed by atoms with E-state index in [1.165, 1.54) is 6.07 Å². The molecule has 0 aliphatic carbocycles. The molecule has 1 aliphatic heterocycles. The summed E-state index contributed by atoms with van der Waals surface area (Å²) >= 11 is 3.47. The predicted octanol–water partition coefficient (Wildman–Crippen LogP) is 6.69. The third-order valence-electron chi connectivity index (χ3n) is 4.94. The van der Waals surface area contributed by atoms with E-state index in [9.17, 15) is 13.2 Å². The summed E-state index contributed by atoms with van der Waals surface area (Å²) in [5.74, 6) is -3.44. The highest BCUT2D eigenvalue weighted by atomic mass is 79.9. The lowest BCUT2D eigenvalue weighted by molar-refractivity contribution is 0.0135. The minimum absolute atomic E-state index is 0.0384. The molecular weight excluding hydrogens is 419 g/mol. The molecule has 0 aromatic heterocycles. The van der Waals surface area contributed by atoms with Crippen molar-refractivity contribution in [1.29, 1.82) is 0 Å². The lowest BCUT2D eigenvalue weighted by atomic mass is 9.95. The molecule has 6 heteroatoms. The third kappa shape index (κ3) is 3.59. The van der Waals surface area contributed by atoms with Gasteiger partial charge in [-0.1, -0.05) is 30.4 Å². The Morgan fingerprint density at radius 3 is 2.59 bits per heavy atom. The van der Waals surface area contributed by atoms with Crippen LogP contribution in [-0.2, 0) is 5.92 Å². The molecule has 0 amide bonds. The Labute approximate surface area is 165 Å². The Kier molecular flexibility index (Phi) is 5.30. The van der Waals surface area contributed by atoms with E-state index in [1.54, 1.807) is 13.2 Å². The maximum atomic E-state index is 14.9. The molecule has 0 bridgehead atoms. The van der Waals surface area contributed by atoms with Gasteiger partial charge in [-0.15, -0.1) is 0 Å². The number of fused-ring (bicyclic) bond motifs is 1. The molecule has 0 N–H and O–H groups in total. The second kappa shape index (κ2) is 7.23. The van der Waals surface area contributed by atoms with Crippen molar-refractivity contribution in [3.8, 4) is 5.75 Å². The molecule has 2 aromatic rings. The van der Waals surface area contributed by atoms with Crippen LogP contribution in [0.25, 0.3) is 6.08 Å². The Balaban J connectivity index is 2.11. The van der Waals surface area contributed by atoms with Crippen molar-refractivity contribution in [2.24, 2.45) is 0 Å². The Hall–Kier alpha value is -1.95. The zero-order valence-electron chi connectivity index (χ0n) is 15.6. The van der Waals surface area contributed by atoms with E-state index in [2.05, 4.69) is 15.9 Å². The van der Waals surface area contributed by atoms with Crippen LogP contribution in [0.3, 0.4) is 0 Å². The van der Waals surface area contributed by atoms with Crippen LogP contribution >= 0.6 is 15.9 Å². The van der Waals surface area contributed by atoms with Crippen molar-refractivity contribution in [3.63, 3.8) is 0 Å². The van der Waals surface area contributed by atoms with Crippen molar-refractivity contribution in [3.05, 3.63) is 63.4 Å². The maximum absolute atomic E-state index is 14.9. The fourth-order valence-electron chi connectivity index (χ4n) is 3.55. The van der Waals surface area contributed by atoms with Gasteiger partial charge in [-0.3, -0.25) is 0 Å². The van der Waals surface area contributed by atoms with Crippen LogP contribution in [0.5, 0.6) is 5.75 Å². The normalized spacial score (nSPS) is 17.6. The Bertz CT molecular complexity index is 892. The third-order valence-corrected chi connectivity index (χ3v) is 5.56.